The first kappa shape index (κ1) is 9.85. The monoisotopic (exact) mass is 188 g/mol. The zero-order valence-corrected chi connectivity index (χ0v) is 6.91. The van der Waals surface area contributed by atoms with E-state index in [9.17, 15) is 8.78 Å². The van der Waals surface area contributed by atoms with Crippen molar-refractivity contribution in [2.75, 3.05) is 6.61 Å². The van der Waals surface area contributed by atoms with Crippen LogP contribution in [0.4, 0.5) is 8.78 Å². The molecule has 0 saturated carbocycles. The van der Waals surface area contributed by atoms with Gasteiger partial charge in [0.1, 0.15) is 0 Å². The molecule has 0 aliphatic carbocycles. The second-order valence-corrected chi connectivity index (χ2v) is 2.41. The molecule has 0 aromatic carbocycles. The third-order valence-electron chi connectivity index (χ3n) is 1.39. The summed E-state index contributed by atoms with van der Waals surface area (Å²) >= 11 is 0. The maximum Gasteiger partial charge on any atom is 0.272 e. The number of nitrogens with zero attached hydrogens (tertiary/aromatic N) is 1. The van der Waals surface area contributed by atoms with Crippen LogP contribution in [0.1, 0.15) is 5.56 Å². The predicted octanol–water partition coefficient (Wildman–Crippen LogP) is 1.18. The SMILES string of the molecule is NCc1ccnc(OCC(F)F)c1. The van der Waals surface area contributed by atoms with Crippen LogP contribution < -0.4 is 10.5 Å². The molecule has 0 bridgehead atoms. The van der Waals surface area contributed by atoms with Crippen molar-refractivity contribution in [3.05, 3.63) is 23.9 Å². The van der Waals surface area contributed by atoms with E-state index in [4.69, 9.17) is 10.5 Å². The lowest BCUT2D eigenvalue weighted by Crippen LogP contribution is -2.08. The molecule has 0 amide bonds. The quantitative estimate of drug-likeness (QED) is 0.771. The number of pyridine rings is 1. The Morgan fingerprint density at radius 3 is 2.92 bits per heavy atom. The summed E-state index contributed by atoms with van der Waals surface area (Å²) in [4.78, 5) is 3.75. The van der Waals surface area contributed by atoms with E-state index < -0.39 is 13.0 Å². The number of alkyl halides is 2. The van der Waals surface area contributed by atoms with Crippen molar-refractivity contribution in [1.82, 2.24) is 4.98 Å². The molecule has 5 heteroatoms. The Morgan fingerprint density at radius 2 is 2.31 bits per heavy atom. The molecule has 1 aromatic heterocycles. The van der Waals surface area contributed by atoms with Crippen LogP contribution in [-0.4, -0.2) is 18.0 Å². The minimum absolute atomic E-state index is 0.184. The number of hydrogen-bond acceptors (Lipinski definition) is 3. The summed E-state index contributed by atoms with van der Waals surface area (Å²) in [6.07, 6.45) is -1.01. The minimum atomic E-state index is -2.48. The van der Waals surface area contributed by atoms with Gasteiger partial charge in [-0.3, -0.25) is 0 Å². The van der Waals surface area contributed by atoms with Crippen LogP contribution in [0.5, 0.6) is 5.88 Å². The minimum Gasteiger partial charge on any atom is -0.472 e. The van der Waals surface area contributed by atoms with E-state index in [2.05, 4.69) is 4.98 Å². The molecular weight excluding hydrogens is 178 g/mol. The van der Waals surface area contributed by atoms with E-state index in [0.29, 0.717) is 6.54 Å². The highest BCUT2D eigenvalue weighted by Gasteiger charge is 2.04. The highest BCUT2D eigenvalue weighted by Crippen LogP contribution is 2.09. The van der Waals surface area contributed by atoms with E-state index in [1.54, 1.807) is 12.1 Å². The van der Waals surface area contributed by atoms with Gasteiger partial charge in [0, 0.05) is 18.8 Å². The standard InChI is InChI=1S/C8H10F2N2O/c9-7(10)5-13-8-3-6(4-11)1-2-12-8/h1-3,7H,4-5,11H2. The molecule has 3 nitrogen and oxygen atoms in total. The fourth-order valence-corrected chi connectivity index (χ4v) is 0.805. The molecule has 1 rings (SSSR count). The summed E-state index contributed by atoms with van der Waals surface area (Å²) in [5, 5.41) is 0. The summed E-state index contributed by atoms with van der Waals surface area (Å²) in [7, 11) is 0. The van der Waals surface area contributed by atoms with Crippen molar-refractivity contribution in [1.29, 1.82) is 0 Å². The maximum atomic E-state index is 11.7. The largest absolute Gasteiger partial charge is 0.472 e. The normalized spacial score (nSPS) is 10.5. The number of halogens is 2. The lowest BCUT2D eigenvalue weighted by molar-refractivity contribution is 0.0795. The van der Waals surface area contributed by atoms with Gasteiger partial charge >= 0.3 is 0 Å². The fourth-order valence-electron chi connectivity index (χ4n) is 0.805. The van der Waals surface area contributed by atoms with Crippen LogP contribution in [-0.2, 0) is 6.54 Å². The highest BCUT2D eigenvalue weighted by atomic mass is 19.3. The number of aromatic nitrogens is 1. The molecular formula is C8H10F2N2O. The summed E-state index contributed by atoms with van der Waals surface area (Å²) in [5.41, 5.74) is 6.15. The van der Waals surface area contributed by atoms with E-state index in [-0.39, 0.29) is 5.88 Å². The average molecular weight is 188 g/mol. The molecule has 0 atom stereocenters. The maximum absolute atomic E-state index is 11.7. The third-order valence-corrected chi connectivity index (χ3v) is 1.39. The van der Waals surface area contributed by atoms with Gasteiger partial charge in [0.05, 0.1) is 0 Å². The van der Waals surface area contributed by atoms with E-state index in [1.807, 2.05) is 0 Å². The van der Waals surface area contributed by atoms with E-state index in [1.165, 1.54) is 6.20 Å². The van der Waals surface area contributed by atoms with E-state index >= 15 is 0 Å². The Kier molecular flexibility index (Phi) is 3.57. The summed E-state index contributed by atoms with van der Waals surface area (Å²) in [6.45, 7) is -0.297. The van der Waals surface area contributed by atoms with Crippen LogP contribution in [0.3, 0.4) is 0 Å². The molecule has 0 aliphatic heterocycles. The van der Waals surface area contributed by atoms with Gasteiger partial charge in [-0.1, -0.05) is 0 Å². The number of nitrogens with two attached hydrogens (primary N) is 1. The average Bonchev–Trinajstić information content (AvgIpc) is 2.15. The van der Waals surface area contributed by atoms with Crippen LogP contribution in [0.15, 0.2) is 18.3 Å². The molecule has 0 aliphatic rings. The van der Waals surface area contributed by atoms with Crippen molar-refractivity contribution in [3.63, 3.8) is 0 Å². The fraction of sp³-hybridized carbons (Fsp3) is 0.375. The van der Waals surface area contributed by atoms with Crippen LogP contribution in [0, 0.1) is 0 Å². The van der Waals surface area contributed by atoms with Crippen molar-refractivity contribution >= 4 is 0 Å². The van der Waals surface area contributed by atoms with Crippen LogP contribution in [0.2, 0.25) is 0 Å². The number of hydrogen-bond donors (Lipinski definition) is 1. The van der Waals surface area contributed by atoms with Gasteiger partial charge in [0.15, 0.2) is 6.61 Å². The summed E-state index contributed by atoms with van der Waals surface area (Å²) in [5.74, 6) is 0.184. The molecule has 13 heavy (non-hydrogen) atoms. The molecule has 1 heterocycles. The molecule has 0 fully saturated rings. The van der Waals surface area contributed by atoms with Gasteiger partial charge in [0.25, 0.3) is 6.43 Å². The smallest absolute Gasteiger partial charge is 0.272 e. The molecule has 0 saturated heterocycles. The Labute approximate surface area is 74.5 Å². The van der Waals surface area contributed by atoms with Crippen LogP contribution >= 0.6 is 0 Å². The van der Waals surface area contributed by atoms with Crippen molar-refractivity contribution in [2.45, 2.75) is 13.0 Å². The second kappa shape index (κ2) is 4.71. The first-order chi connectivity index (χ1) is 6.22. The Balaban J connectivity index is 2.56. The highest BCUT2D eigenvalue weighted by molar-refractivity contribution is 5.19. The topological polar surface area (TPSA) is 48.1 Å². The molecule has 2 N–H and O–H groups in total. The number of rotatable bonds is 4. The molecule has 0 unspecified atom stereocenters. The lowest BCUT2D eigenvalue weighted by atomic mass is 10.3. The van der Waals surface area contributed by atoms with Gasteiger partial charge in [-0.05, 0) is 11.6 Å². The lowest BCUT2D eigenvalue weighted by Gasteiger charge is -2.04. The summed E-state index contributed by atoms with van der Waals surface area (Å²) in [6, 6.07) is 3.25. The molecule has 72 valence electrons. The first-order valence-electron chi connectivity index (χ1n) is 3.78. The predicted molar refractivity (Wildman–Crippen MR) is 43.6 cm³/mol. The van der Waals surface area contributed by atoms with E-state index in [0.717, 1.165) is 5.56 Å². The molecule has 0 radical (unpaired) electrons. The van der Waals surface area contributed by atoms with Gasteiger partial charge < -0.3 is 10.5 Å². The second-order valence-electron chi connectivity index (χ2n) is 2.41. The number of ether oxygens (including phenoxy) is 1. The van der Waals surface area contributed by atoms with Gasteiger partial charge in [-0.15, -0.1) is 0 Å². The molecule has 1 aromatic rings. The summed E-state index contributed by atoms with van der Waals surface area (Å²) < 4.78 is 28.1. The zero-order chi connectivity index (χ0) is 9.68. The Bertz CT molecular complexity index is 268. The van der Waals surface area contributed by atoms with Gasteiger partial charge in [-0.25, -0.2) is 13.8 Å². The van der Waals surface area contributed by atoms with Crippen molar-refractivity contribution < 1.29 is 13.5 Å². The molecule has 0 spiro atoms. The van der Waals surface area contributed by atoms with Gasteiger partial charge in [-0.2, -0.15) is 0 Å². The van der Waals surface area contributed by atoms with Gasteiger partial charge in [0.2, 0.25) is 5.88 Å². The Morgan fingerprint density at radius 1 is 1.54 bits per heavy atom. The van der Waals surface area contributed by atoms with Crippen LogP contribution in [0.25, 0.3) is 0 Å². The first-order valence-corrected chi connectivity index (χ1v) is 3.78. The Hall–Kier alpha value is -1.23. The third kappa shape index (κ3) is 3.33. The van der Waals surface area contributed by atoms with Crippen molar-refractivity contribution in [3.8, 4) is 5.88 Å². The van der Waals surface area contributed by atoms with Crippen molar-refractivity contribution in [2.24, 2.45) is 5.73 Å². The zero-order valence-electron chi connectivity index (χ0n) is 6.91.